The van der Waals surface area contributed by atoms with E-state index < -0.39 is 11.9 Å². The molecule has 6 nitrogen and oxygen atoms in total. The number of nitrogens with zero attached hydrogens (tertiary/aromatic N) is 1. The van der Waals surface area contributed by atoms with Crippen molar-refractivity contribution < 1.29 is 14.7 Å². The molecule has 1 amide bonds. The highest BCUT2D eigenvalue weighted by atomic mass is 16.4. The van der Waals surface area contributed by atoms with Gasteiger partial charge >= 0.3 is 5.97 Å². The van der Waals surface area contributed by atoms with Gasteiger partial charge in [0.25, 0.3) is 0 Å². The molecule has 0 saturated carbocycles. The number of hydrogen-bond acceptors (Lipinski definition) is 2. The number of hydrogen-bond donors (Lipinski definition) is 3. The molecule has 0 saturated heterocycles. The molecule has 5 N–H and O–H groups in total. The van der Waals surface area contributed by atoms with Gasteiger partial charge in [0.2, 0.25) is 5.91 Å². The third kappa shape index (κ3) is 6.29. The van der Waals surface area contributed by atoms with Crippen LogP contribution in [0.3, 0.4) is 0 Å². The summed E-state index contributed by atoms with van der Waals surface area (Å²) in [4.78, 5) is 23.6. The number of amides is 1. The molecular formula is C5H9N3O3. The summed E-state index contributed by atoms with van der Waals surface area (Å²) in [5.41, 5.74) is 9.72. The number of carboxylic acid groups (broad SMARTS) is 1. The maximum absolute atomic E-state index is 10.5. The number of carboxylic acids is 1. The highest BCUT2D eigenvalue weighted by molar-refractivity contribution is 5.92. The van der Waals surface area contributed by atoms with Crippen molar-refractivity contribution >= 4 is 17.8 Å². The first-order chi connectivity index (χ1) is 5.02. The van der Waals surface area contributed by atoms with Crippen LogP contribution in [0.5, 0.6) is 0 Å². The maximum Gasteiger partial charge on any atom is 0.303 e. The molecule has 0 radical (unpaired) electrons. The zero-order chi connectivity index (χ0) is 8.85. The van der Waals surface area contributed by atoms with E-state index in [1.165, 1.54) is 0 Å². The summed E-state index contributed by atoms with van der Waals surface area (Å²) in [5.74, 6) is -2.02. The highest BCUT2D eigenvalue weighted by Gasteiger charge is 2.03. The predicted octanol–water partition coefficient (Wildman–Crippen LogP) is -1.35. The second-order valence-electron chi connectivity index (χ2n) is 1.82. The van der Waals surface area contributed by atoms with Crippen LogP contribution >= 0.6 is 0 Å². The van der Waals surface area contributed by atoms with Gasteiger partial charge in [-0.2, -0.15) is 4.99 Å². The van der Waals surface area contributed by atoms with Gasteiger partial charge in [0, 0.05) is 6.42 Å². The van der Waals surface area contributed by atoms with Gasteiger partial charge in [-0.25, -0.2) is 0 Å². The predicted molar refractivity (Wildman–Crippen MR) is 37.7 cm³/mol. The lowest BCUT2D eigenvalue weighted by Crippen LogP contribution is -2.24. The molecule has 0 heterocycles. The molecular weight excluding hydrogens is 150 g/mol. The van der Waals surface area contributed by atoms with Crippen LogP contribution in [-0.4, -0.2) is 22.9 Å². The summed E-state index contributed by atoms with van der Waals surface area (Å²) >= 11 is 0. The van der Waals surface area contributed by atoms with E-state index in [1.54, 1.807) is 0 Å². The second kappa shape index (κ2) is 4.26. The molecule has 0 unspecified atom stereocenters. The average Bonchev–Trinajstić information content (AvgIpc) is 1.82. The normalized spacial score (nSPS) is 8.73. The largest absolute Gasteiger partial charge is 0.481 e. The Bertz CT molecular complexity index is 195. The van der Waals surface area contributed by atoms with Gasteiger partial charge in [-0.3, -0.25) is 9.59 Å². The van der Waals surface area contributed by atoms with Crippen molar-refractivity contribution in [3.05, 3.63) is 0 Å². The summed E-state index contributed by atoms with van der Waals surface area (Å²) in [6, 6.07) is 0. The van der Waals surface area contributed by atoms with E-state index in [9.17, 15) is 9.59 Å². The first-order valence-corrected chi connectivity index (χ1v) is 2.86. The van der Waals surface area contributed by atoms with Crippen LogP contribution in [-0.2, 0) is 9.59 Å². The van der Waals surface area contributed by atoms with Crippen LogP contribution in [0, 0.1) is 0 Å². The monoisotopic (exact) mass is 159 g/mol. The highest BCUT2D eigenvalue weighted by Crippen LogP contribution is 1.90. The molecule has 0 bridgehead atoms. The molecule has 0 aliphatic heterocycles. The van der Waals surface area contributed by atoms with Crippen molar-refractivity contribution in [3.8, 4) is 0 Å². The molecule has 0 aliphatic rings. The Hall–Kier alpha value is -1.59. The molecule has 62 valence electrons. The van der Waals surface area contributed by atoms with Gasteiger partial charge in [0.05, 0.1) is 6.42 Å². The number of carbonyl (C=O) groups excluding carboxylic acids is 1. The molecule has 0 atom stereocenters. The van der Waals surface area contributed by atoms with Crippen LogP contribution in [0.15, 0.2) is 4.99 Å². The second-order valence-corrected chi connectivity index (χ2v) is 1.82. The van der Waals surface area contributed by atoms with Crippen molar-refractivity contribution in [2.75, 3.05) is 0 Å². The fourth-order valence-electron chi connectivity index (χ4n) is 0.414. The number of guanidine groups is 1. The number of rotatable bonds is 3. The quantitative estimate of drug-likeness (QED) is 0.347. The van der Waals surface area contributed by atoms with Crippen molar-refractivity contribution in [2.45, 2.75) is 12.8 Å². The van der Waals surface area contributed by atoms with E-state index in [2.05, 4.69) is 4.99 Å². The van der Waals surface area contributed by atoms with E-state index in [4.69, 9.17) is 16.6 Å². The lowest BCUT2D eigenvalue weighted by molar-refractivity contribution is -0.138. The van der Waals surface area contributed by atoms with Crippen LogP contribution in [0.2, 0.25) is 0 Å². The Balaban J connectivity index is 3.71. The zero-order valence-electron chi connectivity index (χ0n) is 5.78. The van der Waals surface area contributed by atoms with Crippen LogP contribution in [0.25, 0.3) is 0 Å². The SMILES string of the molecule is NC(N)=NC(=O)CCC(=O)O. The van der Waals surface area contributed by atoms with Crippen LogP contribution < -0.4 is 11.5 Å². The van der Waals surface area contributed by atoms with Crippen LogP contribution in [0.4, 0.5) is 0 Å². The Kier molecular flexibility index (Phi) is 3.65. The minimum atomic E-state index is -1.05. The van der Waals surface area contributed by atoms with Gasteiger partial charge in [-0.1, -0.05) is 0 Å². The summed E-state index contributed by atoms with van der Waals surface area (Å²) in [7, 11) is 0. The molecule has 0 aromatic heterocycles. The van der Waals surface area contributed by atoms with E-state index in [1.807, 2.05) is 0 Å². The third-order valence-corrected chi connectivity index (χ3v) is 0.807. The molecule has 0 aliphatic carbocycles. The van der Waals surface area contributed by atoms with E-state index in [-0.39, 0.29) is 18.8 Å². The minimum absolute atomic E-state index is 0.173. The maximum atomic E-state index is 10.5. The average molecular weight is 159 g/mol. The Morgan fingerprint density at radius 3 is 2.18 bits per heavy atom. The van der Waals surface area contributed by atoms with Crippen LogP contribution in [0.1, 0.15) is 12.8 Å². The first kappa shape index (κ1) is 9.41. The Morgan fingerprint density at radius 2 is 1.82 bits per heavy atom. The summed E-state index contributed by atoms with van der Waals surface area (Å²) in [6.07, 6.45) is -0.428. The number of nitrogens with two attached hydrogens (primary N) is 2. The molecule has 0 aromatic carbocycles. The van der Waals surface area contributed by atoms with Crippen molar-refractivity contribution in [2.24, 2.45) is 16.5 Å². The number of aliphatic imine (C=N–C) groups is 1. The zero-order valence-corrected chi connectivity index (χ0v) is 5.78. The fraction of sp³-hybridized carbons (Fsp3) is 0.400. The lowest BCUT2D eigenvalue weighted by atomic mass is 10.3. The van der Waals surface area contributed by atoms with Gasteiger partial charge in [0.1, 0.15) is 0 Å². The van der Waals surface area contributed by atoms with Gasteiger partial charge < -0.3 is 16.6 Å². The Labute approximate surface area is 62.9 Å². The fourth-order valence-corrected chi connectivity index (χ4v) is 0.414. The van der Waals surface area contributed by atoms with E-state index in [0.717, 1.165) is 0 Å². The molecule has 0 fully saturated rings. The van der Waals surface area contributed by atoms with E-state index in [0.29, 0.717) is 0 Å². The molecule has 11 heavy (non-hydrogen) atoms. The number of carbonyl (C=O) groups is 2. The molecule has 0 rings (SSSR count). The van der Waals surface area contributed by atoms with Crippen molar-refractivity contribution in [1.82, 2.24) is 0 Å². The van der Waals surface area contributed by atoms with Gasteiger partial charge in [-0.15, -0.1) is 0 Å². The van der Waals surface area contributed by atoms with Crippen molar-refractivity contribution in [3.63, 3.8) is 0 Å². The standard InChI is InChI=1S/C5H9N3O3/c6-5(7)8-3(9)1-2-4(10)11/h1-2H2,(H,10,11)(H4,6,7,8,9). The molecule has 0 aromatic rings. The van der Waals surface area contributed by atoms with Crippen molar-refractivity contribution in [1.29, 1.82) is 0 Å². The van der Waals surface area contributed by atoms with E-state index >= 15 is 0 Å². The summed E-state index contributed by atoms with van der Waals surface area (Å²) < 4.78 is 0. The summed E-state index contributed by atoms with van der Waals surface area (Å²) in [5, 5.41) is 8.13. The third-order valence-electron chi connectivity index (χ3n) is 0.807. The Morgan fingerprint density at radius 1 is 1.27 bits per heavy atom. The van der Waals surface area contributed by atoms with Gasteiger partial charge in [-0.05, 0) is 0 Å². The summed E-state index contributed by atoms with van der Waals surface area (Å²) in [6.45, 7) is 0. The topological polar surface area (TPSA) is 119 Å². The lowest BCUT2D eigenvalue weighted by Gasteiger charge is -1.91. The molecule has 6 heteroatoms. The molecule has 0 spiro atoms. The minimum Gasteiger partial charge on any atom is -0.481 e. The van der Waals surface area contributed by atoms with Gasteiger partial charge in [0.15, 0.2) is 5.96 Å². The smallest absolute Gasteiger partial charge is 0.303 e. The first-order valence-electron chi connectivity index (χ1n) is 2.86. The number of aliphatic carboxylic acids is 1.